The zero-order valence-electron chi connectivity index (χ0n) is 14.8. The van der Waals surface area contributed by atoms with E-state index in [1.807, 2.05) is 0 Å². The fourth-order valence-electron chi connectivity index (χ4n) is 2.99. The fraction of sp³-hybridized carbons (Fsp3) is 0.300. The first-order chi connectivity index (χ1) is 13.3. The zero-order chi connectivity index (χ0) is 20.3. The van der Waals surface area contributed by atoms with E-state index in [0.29, 0.717) is 23.1 Å². The molecule has 0 fully saturated rings. The molecule has 3 rings (SSSR count). The molecule has 8 heteroatoms. The molecule has 28 heavy (non-hydrogen) atoms. The average Bonchev–Trinajstić information content (AvgIpc) is 2.90. The number of amides is 2. The van der Waals surface area contributed by atoms with Crippen LogP contribution in [0.4, 0.5) is 13.2 Å². The van der Waals surface area contributed by atoms with Crippen LogP contribution in [-0.4, -0.2) is 36.5 Å². The molecule has 2 aromatic rings. The number of imide groups is 1. The third kappa shape index (κ3) is 4.36. The molecule has 0 spiro atoms. The monoisotopic (exact) mass is 411 g/mol. The summed E-state index contributed by atoms with van der Waals surface area (Å²) in [6.07, 6.45) is -3.76. The number of benzene rings is 2. The van der Waals surface area contributed by atoms with Crippen molar-refractivity contribution in [3.63, 3.8) is 0 Å². The summed E-state index contributed by atoms with van der Waals surface area (Å²) >= 11 is 5.94. The molecule has 148 valence electrons. The van der Waals surface area contributed by atoms with Gasteiger partial charge in [-0.15, -0.1) is 0 Å². The molecule has 0 saturated carbocycles. The molecule has 2 aromatic carbocycles. The van der Waals surface area contributed by atoms with Crippen LogP contribution in [0.25, 0.3) is 0 Å². The van der Waals surface area contributed by atoms with Gasteiger partial charge in [-0.2, -0.15) is 13.2 Å². The highest BCUT2D eigenvalue weighted by Gasteiger charge is 2.34. The highest BCUT2D eigenvalue weighted by atomic mass is 35.5. The van der Waals surface area contributed by atoms with Crippen molar-refractivity contribution in [1.29, 1.82) is 0 Å². The maximum atomic E-state index is 12.8. The predicted molar refractivity (Wildman–Crippen MR) is 97.4 cm³/mol. The number of hydrogen-bond acceptors (Lipinski definition) is 3. The highest BCUT2D eigenvalue weighted by molar-refractivity contribution is 6.31. The topological polar surface area (TPSA) is 46.6 Å². The van der Waals surface area contributed by atoms with Gasteiger partial charge in [0.2, 0.25) is 0 Å². The van der Waals surface area contributed by atoms with E-state index in [1.165, 1.54) is 11.0 Å². The Labute approximate surface area is 164 Å². The minimum Gasteiger partial charge on any atom is -0.381 e. The van der Waals surface area contributed by atoms with E-state index in [4.69, 9.17) is 16.3 Å². The van der Waals surface area contributed by atoms with Gasteiger partial charge in [0, 0.05) is 18.2 Å². The molecule has 1 heterocycles. The maximum absolute atomic E-state index is 12.8. The highest BCUT2D eigenvalue weighted by Crippen LogP contribution is 2.32. The van der Waals surface area contributed by atoms with Crippen molar-refractivity contribution in [3.05, 3.63) is 69.7 Å². The van der Waals surface area contributed by atoms with Gasteiger partial charge in [0.25, 0.3) is 11.8 Å². The lowest BCUT2D eigenvalue weighted by Crippen LogP contribution is -2.31. The molecule has 0 saturated heterocycles. The Morgan fingerprint density at radius 2 is 1.61 bits per heavy atom. The Morgan fingerprint density at radius 1 is 0.964 bits per heavy atom. The number of carbonyl (C=O) groups is 2. The van der Waals surface area contributed by atoms with E-state index in [1.54, 1.807) is 24.3 Å². The Hall–Kier alpha value is -2.38. The van der Waals surface area contributed by atoms with Gasteiger partial charge in [-0.05, 0) is 48.7 Å². The molecule has 0 unspecified atom stereocenters. The summed E-state index contributed by atoms with van der Waals surface area (Å²) < 4.78 is 43.7. The van der Waals surface area contributed by atoms with E-state index in [-0.39, 0.29) is 43.0 Å². The normalized spacial score (nSPS) is 13.9. The van der Waals surface area contributed by atoms with Gasteiger partial charge in [-0.3, -0.25) is 14.5 Å². The van der Waals surface area contributed by atoms with Crippen LogP contribution in [-0.2, 0) is 17.3 Å². The fourth-order valence-corrected chi connectivity index (χ4v) is 3.21. The Morgan fingerprint density at radius 3 is 2.21 bits per heavy atom. The quantitative estimate of drug-likeness (QED) is 0.494. The molecule has 2 amide bonds. The maximum Gasteiger partial charge on any atom is 0.416 e. The van der Waals surface area contributed by atoms with E-state index in [2.05, 4.69) is 0 Å². The van der Waals surface area contributed by atoms with E-state index in [9.17, 15) is 22.8 Å². The van der Waals surface area contributed by atoms with Crippen molar-refractivity contribution in [3.8, 4) is 0 Å². The van der Waals surface area contributed by atoms with Gasteiger partial charge in [0.1, 0.15) is 0 Å². The Kier molecular flexibility index (Phi) is 6.05. The van der Waals surface area contributed by atoms with Crippen LogP contribution >= 0.6 is 11.6 Å². The lowest BCUT2D eigenvalue weighted by molar-refractivity contribution is -0.137. The van der Waals surface area contributed by atoms with Gasteiger partial charge in [0.15, 0.2) is 0 Å². The van der Waals surface area contributed by atoms with E-state index in [0.717, 1.165) is 12.1 Å². The molecule has 1 aliphatic heterocycles. The minimum absolute atomic E-state index is 0.184. The number of ether oxygens (including phenoxy) is 1. The summed E-state index contributed by atoms with van der Waals surface area (Å²) in [4.78, 5) is 25.6. The SMILES string of the molecule is O=C1c2ccccc2C(=O)N1CCCOCCc1cc(C(F)(F)F)ccc1Cl. The van der Waals surface area contributed by atoms with Gasteiger partial charge < -0.3 is 4.74 Å². The molecular weight excluding hydrogens is 395 g/mol. The average molecular weight is 412 g/mol. The van der Waals surface area contributed by atoms with Crippen molar-refractivity contribution in [2.45, 2.75) is 19.0 Å². The largest absolute Gasteiger partial charge is 0.416 e. The van der Waals surface area contributed by atoms with Crippen LogP contribution in [0.5, 0.6) is 0 Å². The standard InChI is InChI=1S/C20H17ClF3NO3/c21-17-7-6-14(20(22,23)24)12-13(17)8-11-28-10-3-9-25-18(26)15-4-1-2-5-16(15)19(25)27/h1-2,4-7,12H,3,8-11H2. The second-order valence-electron chi connectivity index (χ2n) is 6.33. The number of rotatable bonds is 7. The van der Waals surface area contributed by atoms with Crippen LogP contribution in [0, 0.1) is 0 Å². The summed E-state index contributed by atoms with van der Waals surface area (Å²) in [6, 6.07) is 9.82. The van der Waals surface area contributed by atoms with Crippen LogP contribution in [0.2, 0.25) is 5.02 Å². The number of hydrogen-bond donors (Lipinski definition) is 0. The van der Waals surface area contributed by atoms with Crippen LogP contribution in [0.3, 0.4) is 0 Å². The summed E-state index contributed by atoms with van der Waals surface area (Å²) in [7, 11) is 0. The molecule has 0 bridgehead atoms. The third-order valence-electron chi connectivity index (χ3n) is 4.44. The van der Waals surface area contributed by atoms with Gasteiger partial charge >= 0.3 is 6.18 Å². The van der Waals surface area contributed by atoms with Crippen molar-refractivity contribution < 1.29 is 27.5 Å². The molecule has 0 aliphatic carbocycles. The summed E-state index contributed by atoms with van der Waals surface area (Å²) in [6.45, 7) is 0.670. The van der Waals surface area contributed by atoms with Gasteiger partial charge in [-0.25, -0.2) is 0 Å². The van der Waals surface area contributed by atoms with Crippen molar-refractivity contribution in [2.75, 3.05) is 19.8 Å². The lowest BCUT2D eigenvalue weighted by atomic mass is 10.1. The van der Waals surface area contributed by atoms with E-state index < -0.39 is 11.7 Å². The molecule has 4 nitrogen and oxygen atoms in total. The predicted octanol–water partition coefficient (Wildman–Crippen LogP) is 4.60. The zero-order valence-corrected chi connectivity index (χ0v) is 15.5. The summed E-state index contributed by atoms with van der Waals surface area (Å²) in [5.74, 6) is -0.646. The number of fused-ring (bicyclic) bond motifs is 1. The number of carbonyl (C=O) groups excluding carboxylic acids is 2. The molecule has 0 atom stereocenters. The first kappa shape index (κ1) is 20.4. The number of alkyl halides is 3. The summed E-state index contributed by atoms with van der Waals surface area (Å²) in [5.41, 5.74) is 0.398. The van der Waals surface area contributed by atoms with Crippen molar-refractivity contribution in [1.82, 2.24) is 4.90 Å². The van der Waals surface area contributed by atoms with Crippen molar-refractivity contribution in [2.24, 2.45) is 0 Å². The number of nitrogens with zero attached hydrogens (tertiary/aromatic N) is 1. The van der Waals surface area contributed by atoms with Crippen LogP contribution in [0.1, 0.15) is 38.3 Å². The molecular formula is C20H17ClF3NO3. The van der Waals surface area contributed by atoms with Crippen LogP contribution < -0.4 is 0 Å². The van der Waals surface area contributed by atoms with Gasteiger partial charge in [0.05, 0.1) is 23.3 Å². The molecule has 0 aromatic heterocycles. The second kappa shape index (κ2) is 8.32. The Bertz CT molecular complexity index is 864. The lowest BCUT2D eigenvalue weighted by Gasteiger charge is -2.14. The molecule has 1 aliphatic rings. The number of halogens is 4. The third-order valence-corrected chi connectivity index (χ3v) is 4.81. The molecule has 0 N–H and O–H groups in total. The Balaban J connectivity index is 1.44. The summed E-state index contributed by atoms with van der Waals surface area (Å²) in [5, 5.41) is 0.252. The smallest absolute Gasteiger partial charge is 0.381 e. The second-order valence-corrected chi connectivity index (χ2v) is 6.73. The first-order valence-electron chi connectivity index (χ1n) is 8.67. The van der Waals surface area contributed by atoms with Crippen molar-refractivity contribution >= 4 is 23.4 Å². The molecule has 0 radical (unpaired) electrons. The van der Waals surface area contributed by atoms with Crippen LogP contribution in [0.15, 0.2) is 42.5 Å². The minimum atomic E-state index is -4.42. The van der Waals surface area contributed by atoms with E-state index >= 15 is 0 Å². The first-order valence-corrected chi connectivity index (χ1v) is 9.05. The van der Waals surface area contributed by atoms with Gasteiger partial charge in [-0.1, -0.05) is 23.7 Å².